The molecule has 1 N–H and O–H groups in total. The molecular weight excluding hydrogens is 279 g/mol. The van der Waals surface area contributed by atoms with Gasteiger partial charge in [-0.05, 0) is 48.1 Å². The minimum Gasteiger partial charge on any atom is -0.350 e. The maximum atomic E-state index is 12.9. The van der Waals surface area contributed by atoms with Crippen molar-refractivity contribution in [3.63, 3.8) is 0 Å². The normalized spacial score (nSPS) is 15.0. The molecule has 1 aromatic heterocycles. The molecule has 110 valence electrons. The zero-order valence-electron chi connectivity index (χ0n) is 11.2. The zero-order chi connectivity index (χ0) is 14.9. The molecule has 3 nitrogen and oxygen atoms in total. The summed E-state index contributed by atoms with van der Waals surface area (Å²) < 4.78 is 38.8. The van der Waals surface area contributed by atoms with Gasteiger partial charge in [-0.1, -0.05) is 6.07 Å². The second-order valence-corrected chi connectivity index (χ2v) is 5.16. The Morgan fingerprint density at radius 3 is 2.43 bits per heavy atom. The van der Waals surface area contributed by atoms with Crippen molar-refractivity contribution in [2.45, 2.75) is 31.5 Å². The van der Waals surface area contributed by atoms with E-state index in [-0.39, 0.29) is 12.5 Å². The van der Waals surface area contributed by atoms with Gasteiger partial charge in [0.2, 0.25) is 5.95 Å². The largest absolute Gasteiger partial charge is 0.416 e. The van der Waals surface area contributed by atoms with Crippen molar-refractivity contribution in [2.75, 3.05) is 5.32 Å². The molecule has 1 heterocycles. The quantitative estimate of drug-likeness (QED) is 0.926. The molecule has 0 unspecified atom stereocenters. The molecule has 2 aromatic rings. The van der Waals surface area contributed by atoms with Gasteiger partial charge in [-0.15, -0.1) is 0 Å². The Morgan fingerprint density at radius 1 is 1.10 bits per heavy atom. The summed E-state index contributed by atoms with van der Waals surface area (Å²) in [5.74, 6) is 0.682. The first kappa shape index (κ1) is 13.9. The van der Waals surface area contributed by atoms with Crippen LogP contribution in [0.3, 0.4) is 0 Å². The highest BCUT2D eigenvalue weighted by molar-refractivity contribution is 5.37. The first-order chi connectivity index (χ1) is 10.0. The summed E-state index contributed by atoms with van der Waals surface area (Å²) in [6.45, 7) is 0.271. The third kappa shape index (κ3) is 3.51. The molecule has 1 fully saturated rings. The van der Waals surface area contributed by atoms with E-state index in [1.165, 1.54) is 12.1 Å². The molecule has 1 aliphatic rings. The lowest BCUT2D eigenvalue weighted by molar-refractivity contribution is -0.137. The van der Waals surface area contributed by atoms with Crippen molar-refractivity contribution in [1.29, 1.82) is 0 Å². The van der Waals surface area contributed by atoms with E-state index in [4.69, 9.17) is 0 Å². The Morgan fingerprint density at radius 2 is 1.81 bits per heavy atom. The van der Waals surface area contributed by atoms with Crippen molar-refractivity contribution >= 4 is 5.95 Å². The van der Waals surface area contributed by atoms with Gasteiger partial charge in [0, 0.05) is 18.9 Å². The van der Waals surface area contributed by atoms with Crippen LogP contribution in [0.15, 0.2) is 36.7 Å². The number of halogens is 3. The van der Waals surface area contributed by atoms with Crippen LogP contribution in [-0.4, -0.2) is 9.97 Å². The third-order valence-corrected chi connectivity index (χ3v) is 3.41. The molecule has 1 saturated carbocycles. The Hall–Kier alpha value is -2.11. The van der Waals surface area contributed by atoms with E-state index >= 15 is 0 Å². The number of aromatic nitrogens is 2. The molecule has 1 aromatic carbocycles. The lowest BCUT2D eigenvalue weighted by atomic mass is 10.0. The van der Waals surface area contributed by atoms with Gasteiger partial charge in [0.05, 0.1) is 5.56 Å². The second-order valence-electron chi connectivity index (χ2n) is 5.16. The molecule has 0 atom stereocenters. The van der Waals surface area contributed by atoms with E-state index in [0.29, 0.717) is 11.5 Å². The topological polar surface area (TPSA) is 37.8 Å². The number of alkyl halides is 3. The summed E-state index contributed by atoms with van der Waals surface area (Å²) in [6.07, 6.45) is 0.781. The van der Waals surface area contributed by atoms with E-state index < -0.39 is 11.7 Å². The predicted molar refractivity (Wildman–Crippen MR) is 72.8 cm³/mol. The first-order valence-electron chi connectivity index (χ1n) is 6.74. The van der Waals surface area contributed by atoms with Crippen LogP contribution in [0.2, 0.25) is 0 Å². The van der Waals surface area contributed by atoms with E-state index in [1.54, 1.807) is 18.5 Å². The molecule has 0 saturated heterocycles. The van der Waals surface area contributed by atoms with Crippen LogP contribution in [0.1, 0.15) is 35.4 Å². The Balaban J connectivity index is 1.82. The van der Waals surface area contributed by atoms with Gasteiger partial charge >= 0.3 is 6.18 Å². The summed E-state index contributed by atoms with van der Waals surface area (Å²) in [5.41, 5.74) is 0.785. The van der Waals surface area contributed by atoms with Crippen molar-refractivity contribution in [2.24, 2.45) is 0 Å². The summed E-state index contributed by atoms with van der Waals surface area (Å²) >= 11 is 0. The van der Waals surface area contributed by atoms with Crippen LogP contribution < -0.4 is 5.32 Å². The summed E-state index contributed by atoms with van der Waals surface area (Å²) in [7, 11) is 0. The second kappa shape index (κ2) is 5.35. The number of anilines is 1. The smallest absolute Gasteiger partial charge is 0.350 e. The summed E-state index contributed by atoms with van der Waals surface area (Å²) in [4.78, 5) is 7.98. The maximum Gasteiger partial charge on any atom is 0.416 e. The van der Waals surface area contributed by atoms with Gasteiger partial charge in [0.1, 0.15) is 0 Å². The van der Waals surface area contributed by atoms with Crippen molar-refractivity contribution in [3.8, 4) is 0 Å². The zero-order valence-corrected chi connectivity index (χ0v) is 11.2. The minimum atomic E-state index is -4.32. The fraction of sp³-hybridized carbons (Fsp3) is 0.333. The van der Waals surface area contributed by atoms with Gasteiger partial charge in [-0.25, -0.2) is 9.97 Å². The number of hydrogen-bond acceptors (Lipinski definition) is 3. The van der Waals surface area contributed by atoms with Gasteiger partial charge in [0.25, 0.3) is 0 Å². The lowest BCUT2D eigenvalue weighted by Crippen LogP contribution is -2.09. The number of hydrogen-bond donors (Lipinski definition) is 1. The minimum absolute atomic E-state index is 0.271. The number of rotatable bonds is 4. The van der Waals surface area contributed by atoms with Crippen LogP contribution in [0.4, 0.5) is 19.1 Å². The van der Waals surface area contributed by atoms with E-state index in [1.807, 2.05) is 6.07 Å². The SMILES string of the molecule is FC(F)(F)c1cc(CNc2ncccn2)cc(C2CC2)c1. The highest BCUT2D eigenvalue weighted by atomic mass is 19.4. The average molecular weight is 293 g/mol. The predicted octanol–water partition coefficient (Wildman–Crippen LogP) is 3.98. The lowest BCUT2D eigenvalue weighted by Gasteiger charge is -2.12. The monoisotopic (exact) mass is 293 g/mol. The fourth-order valence-corrected chi connectivity index (χ4v) is 2.21. The first-order valence-corrected chi connectivity index (χ1v) is 6.74. The Kier molecular flexibility index (Phi) is 3.53. The molecule has 6 heteroatoms. The Bertz CT molecular complexity index is 622. The highest BCUT2D eigenvalue weighted by Crippen LogP contribution is 2.42. The fourth-order valence-electron chi connectivity index (χ4n) is 2.21. The average Bonchev–Trinajstić information content (AvgIpc) is 3.30. The van der Waals surface area contributed by atoms with Crippen molar-refractivity contribution < 1.29 is 13.2 Å². The molecule has 1 aliphatic carbocycles. The molecular formula is C15H14F3N3. The van der Waals surface area contributed by atoms with Gasteiger partial charge in [-0.2, -0.15) is 13.2 Å². The van der Waals surface area contributed by atoms with Crippen molar-refractivity contribution in [3.05, 3.63) is 53.3 Å². The number of nitrogens with one attached hydrogen (secondary N) is 1. The van der Waals surface area contributed by atoms with E-state index in [9.17, 15) is 13.2 Å². The number of nitrogens with zero attached hydrogens (tertiary/aromatic N) is 2. The molecule has 0 amide bonds. The molecule has 0 bridgehead atoms. The molecule has 0 radical (unpaired) electrons. The standard InChI is InChI=1S/C15H14F3N3/c16-15(17,18)13-7-10(6-12(8-13)11-2-3-11)9-21-14-19-4-1-5-20-14/h1,4-8,11H,2-3,9H2,(H,19,20,21). The molecule has 0 aliphatic heterocycles. The van der Waals surface area contributed by atoms with E-state index in [0.717, 1.165) is 18.4 Å². The Labute approximate surface area is 120 Å². The summed E-state index contributed by atoms with van der Waals surface area (Å²) in [5, 5.41) is 2.94. The van der Waals surface area contributed by atoms with Crippen LogP contribution in [0.25, 0.3) is 0 Å². The molecule has 3 rings (SSSR count). The van der Waals surface area contributed by atoms with E-state index in [2.05, 4.69) is 15.3 Å². The van der Waals surface area contributed by atoms with Crippen LogP contribution in [0, 0.1) is 0 Å². The number of benzene rings is 1. The maximum absolute atomic E-state index is 12.9. The van der Waals surface area contributed by atoms with Gasteiger partial charge in [-0.3, -0.25) is 0 Å². The summed E-state index contributed by atoms with van der Waals surface area (Å²) in [6, 6.07) is 5.96. The van der Waals surface area contributed by atoms with Crippen molar-refractivity contribution in [1.82, 2.24) is 9.97 Å². The van der Waals surface area contributed by atoms with Crippen LogP contribution >= 0.6 is 0 Å². The van der Waals surface area contributed by atoms with Gasteiger partial charge < -0.3 is 5.32 Å². The molecule has 0 spiro atoms. The van der Waals surface area contributed by atoms with Crippen LogP contribution in [-0.2, 0) is 12.7 Å². The third-order valence-electron chi connectivity index (χ3n) is 3.41. The van der Waals surface area contributed by atoms with Crippen LogP contribution in [0.5, 0.6) is 0 Å². The van der Waals surface area contributed by atoms with Gasteiger partial charge in [0.15, 0.2) is 0 Å². The highest BCUT2D eigenvalue weighted by Gasteiger charge is 2.33. The molecule has 21 heavy (non-hydrogen) atoms.